The summed E-state index contributed by atoms with van der Waals surface area (Å²) in [6.07, 6.45) is 5.21. The molecule has 4 rings (SSSR count). The van der Waals surface area contributed by atoms with Crippen molar-refractivity contribution in [1.82, 2.24) is 14.8 Å². The van der Waals surface area contributed by atoms with E-state index < -0.39 is 0 Å². The largest absolute Gasteiger partial charge is 0.462 e. The van der Waals surface area contributed by atoms with Gasteiger partial charge in [-0.05, 0) is 68.1 Å². The molecule has 6 heteroatoms. The van der Waals surface area contributed by atoms with Crippen LogP contribution < -0.4 is 0 Å². The maximum absolute atomic E-state index is 9.27. The van der Waals surface area contributed by atoms with Crippen LogP contribution in [0.15, 0.2) is 71.3 Å². The molecule has 1 saturated heterocycles. The molecule has 1 N–H and O–H groups in total. The van der Waals surface area contributed by atoms with Crippen molar-refractivity contribution < 1.29 is 14.3 Å². The summed E-state index contributed by atoms with van der Waals surface area (Å²) in [5.74, 6) is 2.16. The molecule has 0 bridgehead atoms. The summed E-state index contributed by atoms with van der Waals surface area (Å²) < 4.78 is 11.2. The number of benzene rings is 1. The molecule has 34 heavy (non-hydrogen) atoms. The molecule has 1 atom stereocenters. The summed E-state index contributed by atoms with van der Waals surface area (Å²) in [7, 11) is 1.78. The Labute approximate surface area is 203 Å². The quantitative estimate of drug-likeness (QED) is 0.436. The fraction of sp³-hybridized carbons (Fsp3) is 0.464. The number of aliphatic hydroxyl groups excluding tert-OH is 1. The van der Waals surface area contributed by atoms with E-state index in [0.29, 0.717) is 24.3 Å². The van der Waals surface area contributed by atoms with Crippen molar-refractivity contribution in [1.29, 1.82) is 0 Å². The van der Waals surface area contributed by atoms with Crippen molar-refractivity contribution in [2.75, 3.05) is 33.4 Å². The highest BCUT2D eigenvalue weighted by molar-refractivity contribution is 5.17. The lowest BCUT2D eigenvalue weighted by Gasteiger charge is -2.41. The van der Waals surface area contributed by atoms with Crippen LogP contribution in [0, 0.1) is 5.92 Å². The number of rotatable bonds is 12. The second-order valence-electron chi connectivity index (χ2n) is 9.18. The van der Waals surface area contributed by atoms with Crippen LogP contribution in [-0.4, -0.2) is 59.3 Å². The SMILES string of the molecule is COCCN(Cc1ccccn1)[C@@H](Cc1ccccc1)C1CCN(Cc2ccc(CO)o2)CC1. The summed E-state index contributed by atoms with van der Waals surface area (Å²) in [5.41, 5.74) is 2.48. The predicted molar refractivity (Wildman–Crippen MR) is 133 cm³/mol. The summed E-state index contributed by atoms with van der Waals surface area (Å²) >= 11 is 0. The lowest BCUT2D eigenvalue weighted by Crippen LogP contribution is -2.47. The van der Waals surface area contributed by atoms with Gasteiger partial charge in [0.05, 0.1) is 18.8 Å². The summed E-state index contributed by atoms with van der Waals surface area (Å²) in [6.45, 7) is 5.29. The van der Waals surface area contributed by atoms with Gasteiger partial charge in [0.2, 0.25) is 0 Å². The van der Waals surface area contributed by atoms with Gasteiger partial charge in [0.1, 0.15) is 18.1 Å². The molecule has 3 aromatic rings. The van der Waals surface area contributed by atoms with Crippen molar-refractivity contribution >= 4 is 0 Å². The summed E-state index contributed by atoms with van der Waals surface area (Å²) in [4.78, 5) is 9.66. The monoisotopic (exact) mass is 463 g/mol. The van der Waals surface area contributed by atoms with E-state index in [1.165, 1.54) is 5.56 Å². The van der Waals surface area contributed by atoms with E-state index in [1.54, 1.807) is 7.11 Å². The van der Waals surface area contributed by atoms with Crippen LogP contribution in [0.3, 0.4) is 0 Å². The molecule has 0 aliphatic carbocycles. The predicted octanol–water partition coefficient (Wildman–Crippen LogP) is 4.14. The molecule has 2 aromatic heterocycles. The minimum Gasteiger partial charge on any atom is -0.462 e. The van der Waals surface area contributed by atoms with Gasteiger partial charge >= 0.3 is 0 Å². The third-order valence-electron chi connectivity index (χ3n) is 6.86. The first kappa shape index (κ1) is 24.6. The average Bonchev–Trinajstić information content (AvgIpc) is 3.34. The Hall–Kier alpha value is -2.51. The number of methoxy groups -OCH3 is 1. The maximum atomic E-state index is 9.27. The van der Waals surface area contributed by atoms with Crippen molar-refractivity contribution in [3.05, 3.63) is 89.6 Å². The van der Waals surface area contributed by atoms with E-state index in [2.05, 4.69) is 57.2 Å². The topological polar surface area (TPSA) is 62.0 Å². The Morgan fingerprint density at radius 3 is 2.50 bits per heavy atom. The van der Waals surface area contributed by atoms with Gasteiger partial charge in [-0.15, -0.1) is 0 Å². The van der Waals surface area contributed by atoms with E-state index >= 15 is 0 Å². The van der Waals surface area contributed by atoms with Gasteiger partial charge in [0.25, 0.3) is 0 Å². The molecule has 6 nitrogen and oxygen atoms in total. The highest BCUT2D eigenvalue weighted by Crippen LogP contribution is 2.29. The minimum absolute atomic E-state index is 0.0448. The maximum Gasteiger partial charge on any atom is 0.129 e. The number of nitrogens with zero attached hydrogens (tertiary/aromatic N) is 3. The first-order valence-electron chi connectivity index (χ1n) is 12.3. The molecule has 0 amide bonds. The molecule has 1 aromatic carbocycles. The average molecular weight is 464 g/mol. The van der Waals surface area contributed by atoms with Gasteiger partial charge in [-0.3, -0.25) is 14.8 Å². The molecular formula is C28H37N3O3. The van der Waals surface area contributed by atoms with Gasteiger partial charge < -0.3 is 14.3 Å². The summed E-state index contributed by atoms with van der Waals surface area (Å²) in [5, 5.41) is 9.27. The molecule has 0 spiro atoms. The van der Waals surface area contributed by atoms with Gasteiger partial charge in [0, 0.05) is 32.4 Å². The number of aromatic nitrogens is 1. The molecule has 1 aliphatic rings. The molecule has 182 valence electrons. The van der Waals surface area contributed by atoms with Gasteiger partial charge in [-0.25, -0.2) is 0 Å². The molecule has 1 fully saturated rings. The van der Waals surface area contributed by atoms with Crippen LogP contribution in [0.5, 0.6) is 0 Å². The first-order valence-corrected chi connectivity index (χ1v) is 12.3. The van der Waals surface area contributed by atoms with Crippen molar-refractivity contribution in [3.8, 4) is 0 Å². The molecular weight excluding hydrogens is 426 g/mol. The number of pyridine rings is 1. The van der Waals surface area contributed by atoms with E-state index in [9.17, 15) is 5.11 Å². The molecule has 0 unspecified atom stereocenters. The number of furan rings is 1. The van der Waals surface area contributed by atoms with Crippen LogP contribution >= 0.6 is 0 Å². The van der Waals surface area contributed by atoms with Crippen LogP contribution in [0.4, 0.5) is 0 Å². The second-order valence-corrected chi connectivity index (χ2v) is 9.18. The fourth-order valence-corrected chi connectivity index (χ4v) is 5.03. The zero-order chi connectivity index (χ0) is 23.6. The highest BCUT2D eigenvalue weighted by Gasteiger charge is 2.31. The summed E-state index contributed by atoms with van der Waals surface area (Å²) in [6, 6.07) is 21.3. The number of piperidine rings is 1. The van der Waals surface area contributed by atoms with E-state index in [0.717, 1.165) is 63.4 Å². The highest BCUT2D eigenvalue weighted by atomic mass is 16.5. The third kappa shape index (κ3) is 7.00. The fourth-order valence-electron chi connectivity index (χ4n) is 5.03. The van der Waals surface area contributed by atoms with Crippen LogP contribution in [0.25, 0.3) is 0 Å². The Bertz CT molecular complexity index is 955. The number of hydrogen-bond donors (Lipinski definition) is 1. The molecule has 0 saturated carbocycles. The first-order chi connectivity index (χ1) is 16.7. The second kappa shape index (κ2) is 12.8. The zero-order valence-corrected chi connectivity index (χ0v) is 20.2. The van der Waals surface area contributed by atoms with Crippen LogP contribution in [-0.2, 0) is 30.9 Å². The zero-order valence-electron chi connectivity index (χ0n) is 20.2. The van der Waals surface area contributed by atoms with Crippen LogP contribution in [0.2, 0.25) is 0 Å². The molecule has 3 heterocycles. The molecule has 0 radical (unpaired) electrons. The van der Waals surface area contributed by atoms with E-state index in [1.807, 2.05) is 24.4 Å². The lowest BCUT2D eigenvalue weighted by molar-refractivity contribution is 0.0549. The number of aliphatic hydroxyl groups is 1. The lowest BCUT2D eigenvalue weighted by atomic mass is 9.84. The normalized spacial score (nSPS) is 16.2. The Morgan fingerprint density at radius 1 is 1.06 bits per heavy atom. The van der Waals surface area contributed by atoms with Gasteiger partial charge in [0.15, 0.2) is 0 Å². The number of ether oxygens (including phenoxy) is 1. The van der Waals surface area contributed by atoms with E-state index in [-0.39, 0.29) is 6.61 Å². The Morgan fingerprint density at radius 2 is 1.82 bits per heavy atom. The third-order valence-corrected chi connectivity index (χ3v) is 6.86. The van der Waals surface area contributed by atoms with Crippen molar-refractivity contribution in [2.45, 2.75) is 45.0 Å². The standard InChI is InChI=1S/C28H37N3O3/c1-33-18-17-31(20-25-9-5-6-14-29-25)28(19-23-7-3-2-4-8-23)24-12-15-30(16-13-24)21-26-10-11-27(22-32)34-26/h2-11,14,24,28,32H,12-13,15-22H2,1H3/t28-/m0/s1. The minimum atomic E-state index is -0.0448. The Kier molecular flexibility index (Phi) is 9.27. The van der Waals surface area contributed by atoms with Crippen molar-refractivity contribution in [3.63, 3.8) is 0 Å². The molecule has 1 aliphatic heterocycles. The van der Waals surface area contributed by atoms with E-state index in [4.69, 9.17) is 9.15 Å². The van der Waals surface area contributed by atoms with Crippen molar-refractivity contribution in [2.24, 2.45) is 5.92 Å². The Balaban J connectivity index is 1.46. The van der Waals surface area contributed by atoms with Gasteiger partial charge in [-0.2, -0.15) is 0 Å². The van der Waals surface area contributed by atoms with Crippen LogP contribution in [0.1, 0.15) is 35.6 Å². The smallest absolute Gasteiger partial charge is 0.129 e. The number of hydrogen-bond acceptors (Lipinski definition) is 6. The number of likely N-dealkylation sites (tertiary alicyclic amines) is 1. The van der Waals surface area contributed by atoms with Gasteiger partial charge in [-0.1, -0.05) is 36.4 Å².